The second kappa shape index (κ2) is 7.21. The fraction of sp³-hybridized carbons (Fsp3) is 0.588. The largest absolute Gasteiger partial charge is 0.339 e. The number of hydrogen-bond acceptors (Lipinski definition) is 4. The number of piperazine rings is 1. The highest BCUT2D eigenvalue weighted by Gasteiger charge is 2.39. The molecule has 2 saturated heterocycles. The highest BCUT2D eigenvalue weighted by Crippen LogP contribution is 2.23. The summed E-state index contributed by atoms with van der Waals surface area (Å²) in [5.74, 6) is -0.0303. The van der Waals surface area contributed by atoms with Crippen molar-refractivity contribution in [2.75, 3.05) is 39.0 Å². The van der Waals surface area contributed by atoms with Crippen LogP contribution in [0.4, 0.5) is 0 Å². The molecule has 1 unspecified atom stereocenters. The van der Waals surface area contributed by atoms with Crippen LogP contribution in [-0.4, -0.2) is 73.5 Å². The molecule has 1 atom stereocenters. The van der Waals surface area contributed by atoms with Gasteiger partial charge in [0.1, 0.15) is 6.04 Å². The summed E-state index contributed by atoms with van der Waals surface area (Å²) in [6.07, 6.45) is 2.59. The molecule has 0 bridgehead atoms. The van der Waals surface area contributed by atoms with Gasteiger partial charge in [0.15, 0.2) is 0 Å². The molecule has 1 aromatic carbocycles. The minimum Gasteiger partial charge on any atom is -0.339 e. The molecular weight excluding hydrogens is 326 g/mol. The third-order valence-electron chi connectivity index (χ3n) is 4.85. The van der Waals surface area contributed by atoms with Crippen molar-refractivity contribution in [3.63, 3.8) is 0 Å². The first-order valence-electron chi connectivity index (χ1n) is 8.47. The summed E-state index contributed by atoms with van der Waals surface area (Å²) >= 11 is 0. The summed E-state index contributed by atoms with van der Waals surface area (Å²) in [5, 5.41) is 0. The van der Waals surface area contributed by atoms with E-state index in [2.05, 4.69) is 17.0 Å². The van der Waals surface area contributed by atoms with Crippen molar-refractivity contribution in [3.05, 3.63) is 35.9 Å². The molecule has 0 N–H and O–H groups in total. The standard InChI is InChI=1S/C17H25N3O3S/c1-24(22,23)20-9-5-8-16(20)17(21)19-12-10-18(11-13-19)14-15-6-3-2-4-7-15/h2-4,6-7,16H,5,8-14H2,1H3. The first kappa shape index (κ1) is 17.4. The maximum atomic E-state index is 12.7. The monoisotopic (exact) mass is 351 g/mol. The van der Waals surface area contributed by atoms with Crippen LogP contribution < -0.4 is 0 Å². The van der Waals surface area contributed by atoms with Crippen LogP contribution in [0, 0.1) is 0 Å². The number of rotatable bonds is 4. The molecule has 1 aromatic rings. The van der Waals surface area contributed by atoms with Gasteiger partial charge >= 0.3 is 0 Å². The van der Waals surface area contributed by atoms with E-state index in [1.165, 1.54) is 16.1 Å². The van der Waals surface area contributed by atoms with E-state index in [1.807, 2.05) is 23.1 Å². The average molecular weight is 351 g/mol. The molecular formula is C17H25N3O3S. The van der Waals surface area contributed by atoms with E-state index in [0.29, 0.717) is 26.1 Å². The quantitative estimate of drug-likeness (QED) is 0.803. The van der Waals surface area contributed by atoms with E-state index in [9.17, 15) is 13.2 Å². The molecule has 2 heterocycles. The Kier molecular flexibility index (Phi) is 5.22. The van der Waals surface area contributed by atoms with Gasteiger partial charge in [0, 0.05) is 39.3 Å². The van der Waals surface area contributed by atoms with Crippen LogP contribution in [0.5, 0.6) is 0 Å². The summed E-state index contributed by atoms with van der Waals surface area (Å²) < 4.78 is 25.0. The average Bonchev–Trinajstić information content (AvgIpc) is 3.06. The minimum absolute atomic E-state index is 0.0303. The Balaban J connectivity index is 1.55. The van der Waals surface area contributed by atoms with Gasteiger partial charge in [-0.1, -0.05) is 30.3 Å². The van der Waals surface area contributed by atoms with Gasteiger partial charge in [0.2, 0.25) is 15.9 Å². The maximum Gasteiger partial charge on any atom is 0.241 e. The lowest BCUT2D eigenvalue weighted by atomic mass is 10.1. The number of nitrogens with zero attached hydrogens (tertiary/aromatic N) is 3. The van der Waals surface area contributed by atoms with Gasteiger partial charge in [-0.2, -0.15) is 4.31 Å². The van der Waals surface area contributed by atoms with Crippen molar-refractivity contribution in [1.29, 1.82) is 0 Å². The van der Waals surface area contributed by atoms with Gasteiger partial charge < -0.3 is 4.90 Å². The second-order valence-corrected chi connectivity index (χ2v) is 8.55. The molecule has 0 aliphatic carbocycles. The fourth-order valence-corrected chi connectivity index (χ4v) is 4.68. The lowest BCUT2D eigenvalue weighted by Gasteiger charge is -2.37. The highest BCUT2D eigenvalue weighted by molar-refractivity contribution is 7.88. The predicted octanol–water partition coefficient (Wildman–Crippen LogP) is 0.755. The van der Waals surface area contributed by atoms with Crippen LogP contribution in [0.25, 0.3) is 0 Å². The van der Waals surface area contributed by atoms with Crippen molar-refractivity contribution >= 4 is 15.9 Å². The van der Waals surface area contributed by atoms with Crippen molar-refractivity contribution in [1.82, 2.24) is 14.1 Å². The summed E-state index contributed by atoms with van der Waals surface area (Å²) in [7, 11) is -3.31. The van der Waals surface area contributed by atoms with Crippen molar-refractivity contribution in [2.45, 2.75) is 25.4 Å². The van der Waals surface area contributed by atoms with Crippen LogP contribution in [-0.2, 0) is 21.4 Å². The van der Waals surface area contributed by atoms with E-state index in [1.54, 1.807) is 0 Å². The molecule has 2 aliphatic rings. The van der Waals surface area contributed by atoms with Gasteiger partial charge in [0.05, 0.1) is 6.26 Å². The van der Waals surface area contributed by atoms with E-state index >= 15 is 0 Å². The van der Waals surface area contributed by atoms with Gasteiger partial charge in [-0.3, -0.25) is 9.69 Å². The molecule has 132 valence electrons. The highest BCUT2D eigenvalue weighted by atomic mass is 32.2. The molecule has 24 heavy (non-hydrogen) atoms. The Morgan fingerprint density at radius 2 is 1.75 bits per heavy atom. The lowest BCUT2D eigenvalue weighted by Crippen LogP contribution is -2.54. The van der Waals surface area contributed by atoms with Crippen LogP contribution in [0.1, 0.15) is 18.4 Å². The third-order valence-corrected chi connectivity index (χ3v) is 6.14. The van der Waals surface area contributed by atoms with Crippen LogP contribution in [0.15, 0.2) is 30.3 Å². The second-order valence-electron chi connectivity index (χ2n) is 6.62. The minimum atomic E-state index is -3.31. The number of sulfonamides is 1. The number of amides is 1. The van der Waals surface area contributed by atoms with Gasteiger partial charge in [-0.05, 0) is 18.4 Å². The zero-order valence-electron chi connectivity index (χ0n) is 14.1. The molecule has 0 saturated carbocycles. The topological polar surface area (TPSA) is 60.9 Å². The number of hydrogen-bond donors (Lipinski definition) is 0. The molecule has 0 spiro atoms. The summed E-state index contributed by atoms with van der Waals surface area (Å²) in [4.78, 5) is 16.9. The Bertz CT molecular complexity index is 670. The normalized spacial score (nSPS) is 23.5. The Labute approximate surface area is 144 Å². The molecule has 6 nitrogen and oxygen atoms in total. The first-order chi connectivity index (χ1) is 11.4. The first-order valence-corrected chi connectivity index (χ1v) is 10.3. The Morgan fingerprint density at radius 3 is 2.38 bits per heavy atom. The van der Waals surface area contributed by atoms with E-state index < -0.39 is 16.1 Å². The van der Waals surface area contributed by atoms with Gasteiger partial charge in [-0.25, -0.2) is 8.42 Å². The lowest BCUT2D eigenvalue weighted by molar-refractivity contribution is -0.136. The van der Waals surface area contributed by atoms with E-state index in [4.69, 9.17) is 0 Å². The molecule has 2 aliphatic heterocycles. The van der Waals surface area contributed by atoms with E-state index in [0.717, 1.165) is 26.1 Å². The Morgan fingerprint density at radius 1 is 1.08 bits per heavy atom. The summed E-state index contributed by atoms with van der Waals surface area (Å²) in [5.41, 5.74) is 1.27. The smallest absolute Gasteiger partial charge is 0.241 e. The number of carbonyl (C=O) groups excluding carboxylic acids is 1. The van der Waals surface area contributed by atoms with Crippen LogP contribution in [0.2, 0.25) is 0 Å². The Hall–Kier alpha value is -1.44. The third kappa shape index (κ3) is 3.96. The SMILES string of the molecule is CS(=O)(=O)N1CCCC1C(=O)N1CCN(Cc2ccccc2)CC1. The van der Waals surface area contributed by atoms with E-state index in [-0.39, 0.29) is 5.91 Å². The molecule has 0 aromatic heterocycles. The van der Waals surface area contributed by atoms with Crippen molar-refractivity contribution in [2.24, 2.45) is 0 Å². The number of carbonyl (C=O) groups is 1. The van der Waals surface area contributed by atoms with Crippen LogP contribution in [0.3, 0.4) is 0 Å². The molecule has 7 heteroatoms. The van der Waals surface area contributed by atoms with Crippen molar-refractivity contribution < 1.29 is 13.2 Å². The number of benzene rings is 1. The fourth-order valence-electron chi connectivity index (χ4n) is 3.56. The molecule has 2 fully saturated rings. The molecule has 3 rings (SSSR count). The van der Waals surface area contributed by atoms with Crippen LogP contribution >= 0.6 is 0 Å². The molecule has 1 amide bonds. The summed E-state index contributed by atoms with van der Waals surface area (Å²) in [6, 6.07) is 9.81. The zero-order valence-corrected chi connectivity index (χ0v) is 14.9. The van der Waals surface area contributed by atoms with Crippen molar-refractivity contribution in [3.8, 4) is 0 Å². The summed E-state index contributed by atoms with van der Waals surface area (Å²) in [6.45, 7) is 4.34. The molecule has 0 radical (unpaired) electrons. The maximum absolute atomic E-state index is 12.7. The van der Waals surface area contributed by atoms with Gasteiger partial charge in [0.25, 0.3) is 0 Å². The predicted molar refractivity (Wildman–Crippen MR) is 92.9 cm³/mol. The zero-order chi connectivity index (χ0) is 17.2. The van der Waals surface area contributed by atoms with Gasteiger partial charge in [-0.15, -0.1) is 0 Å².